The van der Waals surface area contributed by atoms with Crippen LogP contribution < -0.4 is 10.4 Å². The van der Waals surface area contributed by atoms with Gasteiger partial charge in [-0.1, -0.05) is 0 Å². The van der Waals surface area contributed by atoms with Crippen molar-refractivity contribution in [1.29, 1.82) is 0 Å². The average Bonchev–Trinajstić information content (AvgIpc) is 3.07. The third-order valence-electron chi connectivity index (χ3n) is 3.74. The van der Waals surface area contributed by atoms with E-state index in [0.29, 0.717) is 17.0 Å². The lowest BCUT2D eigenvalue weighted by Crippen LogP contribution is -2.24. The maximum atomic E-state index is 13.1. The molecule has 0 radical (unpaired) electrons. The van der Waals surface area contributed by atoms with Gasteiger partial charge in [0.2, 0.25) is 10.7 Å². The first kappa shape index (κ1) is 16.2. The highest BCUT2D eigenvalue weighted by Crippen LogP contribution is 2.22. The number of methoxy groups -OCH3 is 1. The van der Waals surface area contributed by atoms with Crippen LogP contribution in [0.15, 0.2) is 57.7 Å². The van der Waals surface area contributed by atoms with Gasteiger partial charge < -0.3 is 9.15 Å². The minimum Gasteiger partial charge on any atom is -0.497 e. The van der Waals surface area contributed by atoms with E-state index in [1.807, 2.05) is 0 Å². The van der Waals surface area contributed by atoms with Crippen molar-refractivity contribution in [3.63, 3.8) is 0 Å². The summed E-state index contributed by atoms with van der Waals surface area (Å²) in [5.41, 5.74) is 0.419. The van der Waals surface area contributed by atoms with Crippen LogP contribution in [-0.4, -0.2) is 26.3 Å². The second-order valence-electron chi connectivity index (χ2n) is 5.32. The maximum Gasteiger partial charge on any atom is 0.359 e. The number of benzene rings is 2. The van der Waals surface area contributed by atoms with Crippen LogP contribution in [0.25, 0.3) is 23.0 Å². The standard InChI is InChI=1S/C17H11FN4O3S/c1-24-13-8-2-10(3-9-13)14-20-22-16(25-14)19-15(23)21(17(22)26)12-6-4-11(18)5-7-12/h2-9H,1H3. The Morgan fingerprint density at radius 2 is 1.81 bits per heavy atom. The molecule has 2 aromatic heterocycles. The zero-order valence-electron chi connectivity index (χ0n) is 13.4. The molecule has 0 aliphatic carbocycles. The van der Waals surface area contributed by atoms with Gasteiger partial charge in [0.05, 0.1) is 12.8 Å². The van der Waals surface area contributed by atoms with Crippen LogP contribution in [0.5, 0.6) is 5.75 Å². The van der Waals surface area contributed by atoms with Crippen molar-refractivity contribution < 1.29 is 13.5 Å². The zero-order valence-corrected chi connectivity index (χ0v) is 14.2. The summed E-state index contributed by atoms with van der Waals surface area (Å²) in [5, 5.41) is 4.29. The molecule has 0 amide bonds. The third kappa shape index (κ3) is 2.68. The van der Waals surface area contributed by atoms with Crippen LogP contribution in [0.4, 0.5) is 4.39 Å². The number of hydrogen-bond donors (Lipinski definition) is 0. The quantitative estimate of drug-likeness (QED) is 0.516. The van der Waals surface area contributed by atoms with E-state index < -0.39 is 11.5 Å². The minimum atomic E-state index is -0.640. The molecule has 0 spiro atoms. The second kappa shape index (κ2) is 6.19. The van der Waals surface area contributed by atoms with Crippen molar-refractivity contribution in [1.82, 2.24) is 19.2 Å². The van der Waals surface area contributed by atoms with Crippen LogP contribution in [-0.2, 0) is 0 Å². The van der Waals surface area contributed by atoms with E-state index in [9.17, 15) is 9.18 Å². The third-order valence-corrected chi connectivity index (χ3v) is 4.09. The monoisotopic (exact) mass is 370 g/mol. The summed E-state index contributed by atoms with van der Waals surface area (Å²) in [6.07, 6.45) is 0. The molecule has 9 heteroatoms. The minimum absolute atomic E-state index is 0.0239. The number of halogens is 1. The predicted octanol–water partition coefficient (Wildman–Crippen LogP) is 3.02. The first-order valence-corrected chi connectivity index (χ1v) is 7.91. The highest BCUT2D eigenvalue weighted by atomic mass is 32.1. The number of hydrogen-bond acceptors (Lipinski definition) is 6. The van der Waals surface area contributed by atoms with E-state index in [1.54, 1.807) is 31.4 Å². The lowest BCUT2D eigenvalue weighted by Gasteiger charge is -2.04. The Morgan fingerprint density at radius 3 is 2.46 bits per heavy atom. The van der Waals surface area contributed by atoms with Gasteiger partial charge in [0, 0.05) is 5.56 Å². The summed E-state index contributed by atoms with van der Waals surface area (Å²) < 4.78 is 26.3. The highest BCUT2D eigenvalue weighted by Gasteiger charge is 2.14. The fourth-order valence-corrected chi connectivity index (χ4v) is 2.75. The van der Waals surface area contributed by atoms with E-state index in [1.165, 1.54) is 28.8 Å². The van der Waals surface area contributed by atoms with Gasteiger partial charge in [-0.25, -0.2) is 13.8 Å². The van der Waals surface area contributed by atoms with Crippen LogP contribution in [0.2, 0.25) is 0 Å². The molecule has 2 heterocycles. The van der Waals surface area contributed by atoms with Gasteiger partial charge in [-0.15, -0.1) is 10.1 Å². The SMILES string of the molecule is COc1ccc(-c2nn3c(=S)n(-c4ccc(F)cc4)c(=O)nc3o2)cc1. The van der Waals surface area contributed by atoms with E-state index in [-0.39, 0.29) is 16.5 Å². The molecule has 0 aliphatic rings. The number of nitrogens with zero attached hydrogens (tertiary/aromatic N) is 4. The Bertz CT molecular complexity index is 1210. The fraction of sp³-hybridized carbons (Fsp3) is 0.0588. The van der Waals surface area contributed by atoms with E-state index in [4.69, 9.17) is 21.4 Å². The molecular formula is C17H11FN4O3S. The molecule has 0 aliphatic heterocycles. The van der Waals surface area contributed by atoms with Crippen molar-refractivity contribution in [3.8, 4) is 22.9 Å². The molecule has 2 aromatic carbocycles. The molecule has 4 rings (SSSR count). The molecular weight excluding hydrogens is 359 g/mol. The smallest absolute Gasteiger partial charge is 0.359 e. The van der Waals surface area contributed by atoms with Crippen molar-refractivity contribution >= 4 is 18.1 Å². The summed E-state index contributed by atoms with van der Waals surface area (Å²) >= 11 is 5.35. The molecule has 26 heavy (non-hydrogen) atoms. The Balaban J connectivity index is 1.88. The Hall–Kier alpha value is -3.33. The lowest BCUT2D eigenvalue weighted by molar-refractivity contribution is 0.415. The molecule has 4 aromatic rings. The Kier molecular flexibility index (Phi) is 3.85. The topological polar surface area (TPSA) is 74.6 Å². The Morgan fingerprint density at radius 1 is 1.12 bits per heavy atom. The normalized spacial score (nSPS) is 11.0. The van der Waals surface area contributed by atoms with Crippen molar-refractivity contribution in [3.05, 3.63) is 69.6 Å². The molecule has 0 atom stereocenters. The van der Waals surface area contributed by atoms with Crippen LogP contribution in [0.3, 0.4) is 0 Å². The molecule has 0 N–H and O–H groups in total. The second-order valence-corrected chi connectivity index (χ2v) is 5.68. The molecule has 0 saturated heterocycles. The summed E-state index contributed by atoms with van der Waals surface area (Å²) in [6, 6.07) is 12.4. The van der Waals surface area contributed by atoms with Crippen molar-refractivity contribution in [2.45, 2.75) is 0 Å². The van der Waals surface area contributed by atoms with Crippen molar-refractivity contribution in [2.75, 3.05) is 7.11 Å². The largest absolute Gasteiger partial charge is 0.497 e. The van der Waals surface area contributed by atoms with Crippen LogP contribution in [0, 0.1) is 10.6 Å². The number of ether oxygens (including phenoxy) is 1. The van der Waals surface area contributed by atoms with Gasteiger partial charge in [0.25, 0.3) is 0 Å². The first-order valence-electron chi connectivity index (χ1n) is 7.50. The van der Waals surface area contributed by atoms with Gasteiger partial charge in [-0.2, -0.15) is 4.52 Å². The predicted molar refractivity (Wildman–Crippen MR) is 93.6 cm³/mol. The molecule has 0 saturated carbocycles. The molecule has 7 nitrogen and oxygen atoms in total. The van der Waals surface area contributed by atoms with Crippen LogP contribution >= 0.6 is 12.2 Å². The summed E-state index contributed by atoms with van der Waals surface area (Å²) in [7, 11) is 1.57. The maximum absolute atomic E-state index is 13.1. The summed E-state index contributed by atoms with van der Waals surface area (Å²) in [4.78, 5) is 16.2. The van der Waals surface area contributed by atoms with E-state index in [2.05, 4.69) is 10.1 Å². The van der Waals surface area contributed by atoms with Crippen molar-refractivity contribution in [2.24, 2.45) is 0 Å². The first-order chi connectivity index (χ1) is 12.6. The molecule has 0 fully saturated rings. The summed E-state index contributed by atoms with van der Waals surface area (Å²) in [5.74, 6) is 0.500. The Labute approximate surface area is 150 Å². The van der Waals surface area contributed by atoms with Gasteiger partial charge in [0.15, 0.2) is 0 Å². The number of rotatable bonds is 3. The van der Waals surface area contributed by atoms with E-state index >= 15 is 0 Å². The van der Waals surface area contributed by atoms with Gasteiger partial charge in [-0.05, 0) is 60.7 Å². The number of aromatic nitrogens is 4. The molecule has 0 unspecified atom stereocenters. The van der Waals surface area contributed by atoms with Crippen LogP contribution in [0.1, 0.15) is 0 Å². The zero-order chi connectivity index (χ0) is 18.3. The molecule has 0 bridgehead atoms. The lowest BCUT2D eigenvalue weighted by atomic mass is 10.2. The molecule has 130 valence electrons. The van der Waals surface area contributed by atoms with Gasteiger partial charge in [0.1, 0.15) is 11.6 Å². The summed E-state index contributed by atoms with van der Waals surface area (Å²) in [6.45, 7) is 0. The highest BCUT2D eigenvalue weighted by molar-refractivity contribution is 7.71. The number of fused-ring (bicyclic) bond motifs is 1. The fourth-order valence-electron chi connectivity index (χ4n) is 2.45. The van der Waals surface area contributed by atoms with Gasteiger partial charge >= 0.3 is 11.5 Å². The van der Waals surface area contributed by atoms with Gasteiger partial charge in [-0.3, -0.25) is 0 Å². The van der Waals surface area contributed by atoms with E-state index in [0.717, 1.165) is 4.57 Å². The average molecular weight is 370 g/mol.